The van der Waals surface area contributed by atoms with Crippen LogP contribution in [0.2, 0.25) is 0 Å². The minimum atomic E-state index is -1.12. The number of nitrogens with one attached hydrogen (secondary N) is 1. The van der Waals surface area contributed by atoms with Crippen molar-refractivity contribution < 1.29 is 24.5 Å². The molecule has 0 radical (unpaired) electrons. The molecule has 0 aromatic carbocycles. The fourth-order valence-electron chi connectivity index (χ4n) is 2.97. The summed E-state index contributed by atoms with van der Waals surface area (Å²) in [6.07, 6.45) is 4.11. The number of carboxylic acid groups (broad SMARTS) is 1. The Labute approximate surface area is 117 Å². The number of ether oxygens (including phenoxy) is 1. The van der Waals surface area contributed by atoms with Gasteiger partial charge in [-0.2, -0.15) is 0 Å². The van der Waals surface area contributed by atoms with Crippen LogP contribution in [0.4, 0.5) is 4.79 Å². The molecule has 1 saturated carbocycles. The van der Waals surface area contributed by atoms with Gasteiger partial charge >= 0.3 is 12.0 Å². The summed E-state index contributed by atoms with van der Waals surface area (Å²) in [5, 5.41) is 20.4. The second-order valence-electron chi connectivity index (χ2n) is 5.31. The first-order valence-electron chi connectivity index (χ1n) is 7.16. The summed E-state index contributed by atoms with van der Waals surface area (Å²) in [5.41, 5.74) is 0. The van der Waals surface area contributed by atoms with Gasteiger partial charge in [0.2, 0.25) is 0 Å². The number of aliphatic hydroxyl groups is 1. The summed E-state index contributed by atoms with van der Waals surface area (Å²) in [5.74, 6) is -1.12. The zero-order valence-electron chi connectivity index (χ0n) is 11.5. The number of aliphatic carboxylic acids is 1. The average Bonchev–Trinajstić information content (AvgIpc) is 2.46. The Morgan fingerprint density at radius 3 is 2.80 bits per heavy atom. The Morgan fingerprint density at radius 1 is 1.35 bits per heavy atom. The Hall–Kier alpha value is -1.34. The van der Waals surface area contributed by atoms with E-state index in [1.807, 2.05) is 0 Å². The van der Waals surface area contributed by atoms with Crippen molar-refractivity contribution in [2.24, 2.45) is 0 Å². The van der Waals surface area contributed by atoms with E-state index in [9.17, 15) is 9.59 Å². The fourth-order valence-corrected chi connectivity index (χ4v) is 2.97. The molecule has 0 aromatic heterocycles. The number of amides is 2. The highest BCUT2D eigenvalue weighted by Gasteiger charge is 2.37. The quantitative estimate of drug-likeness (QED) is 0.684. The summed E-state index contributed by atoms with van der Waals surface area (Å²) >= 11 is 0. The van der Waals surface area contributed by atoms with Crippen molar-refractivity contribution in [3.8, 4) is 0 Å². The third-order valence-corrected chi connectivity index (χ3v) is 4.01. The lowest BCUT2D eigenvalue weighted by Gasteiger charge is -2.43. The maximum Gasteiger partial charge on any atom is 0.326 e. The predicted octanol–water partition coefficient (Wildman–Crippen LogP) is 0.175. The molecular weight excluding hydrogens is 264 g/mol. The number of hydrogen-bond donors (Lipinski definition) is 3. The van der Waals surface area contributed by atoms with Crippen LogP contribution in [0, 0.1) is 0 Å². The highest BCUT2D eigenvalue weighted by molar-refractivity contribution is 5.82. The molecule has 0 spiro atoms. The number of aliphatic hydroxyl groups excluding tert-OH is 1. The molecule has 0 bridgehead atoms. The maximum absolute atomic E-state index is 12.3. The van der Waals surface area contributed by atoms with E-state index >= 15 is 0 Å². The second-order valence-corrected chi connectivity index (χ2v) is 5.31. The van der Waals surface area contributed by atoms with E-state index in [1.54, 1.807) is 4.90 Å². The van der Waals surface area contributed by atoms with E-state index in [2.05, 4.69) is 5.32 Å². The van der Waals surface area contributed by atoms with Crippen molar-refractivity contribution in [3.05, 3.63) is 0 Å². The van der Waals surface area contributed by atoms with E-state index in [0.717, 1.165) is 25.7 Å². The summed E-state index contributed by atoms with van der Waals surface area (Å²) in [4.78, 5) is 25.0. The zero-order chi connectivity index (χ0) is 14.5. The normalized spacial score (nSPS) is 27.6. The van der Waals surface area contributed by atoms with Crippen LogP contribution in [0.5, 0.6) is 0 Å². The lowest BCUT2D eigenvalue weighted by molar-refractivity contribution is -0.139. The Balaban J connectivity index is 1.97. The van der Waals surface area contributed by atoms with Crippen LogP contribution in [-0.4, -0.2) is 65.1 Å². The van der Waals surface area contributed by atoms with Gasteiger partial charge in [-0.25, -0.2) is 9.59 Å². The number of carbonyl (C=O) groups excluding carboxylic acids is 1. The fraction of sp³-hybridized carbons (Fsp3) is 0.846. The molecule has 1 saturated heterocycles. The molecule has 1 heterocycles. The molecule has 0 aromatic rings. The van der Waals surface area contributed by atoms with Gasteiger partial charge in [-0.1, -0.05) is 12.8 Å². The third kappa shape index (κ3) is 3.40. The Kier molecular flexibility index (Phi) is 5.19. The van der Waals surface area contributed by atoms with Crippen LogP contribution in [0.3, 0.4) is 0 Å². The van der Waals surface area contributed by atoms with Gasteiger partial charge in [0, 0.05) is 19.6 Å². The average molecular weight is 286 g/mol. The topological polar surface area (TPSA) is 99.1 Å². The summed E-state index contributed by atoms with van der Waals surface area (Å²) in [6, 6.07) is -1.37. The molecule has 1 aliphatic heterocycles. The van der Waals surface area contributed by atoms with E-state index in [-0.39, 0.29) is 31.2 Å². The first-order valence-corrected chi connectivity index (χ1v) is 7.16. The van der Waals surface area contributed by atoms with Crippen molar-refractivity contribution in [3.63, 3.8) is 0 Å². The lowest BCUT2D eigenvalue weighted by atomic mass is 9.90. The number of fused-ring (bicyclic) bond motifs is 1. The Bertz CT molecular complexity index is 361. The van der Waals surface area contributed by atoms with E-state index < -0.39 is 12.0 Å². The molecular formula is C13H22N2O5. The maximum atomic E-state index is 12.3. The number of nitrogens with zero attached hydrogens (tertiary/aromatic N) is 1. The molecule has 1 aliphatic carbocycles. The van der Waals surface area contributed by atoms with Gasteiger partial charge in [0.25, 0.3) is 0 Å². The van der Waals surface area contributed by atoms with Crippen LogP contribution in [-0.2, 0) is 9.53 Å². The van der Waals surface area contributed by atoms with Crippen LogP contribution in [0.15, 0.2) is 0 Å². The molecule has 2 aliphatic rings. The molecule has 20 heavy (non-hydrogen) atoms. The van der Waals surface area contributed by atoms with Gasteiger partial charge in [-0.05, 0) is 12.8 Å². The molecule has 3 N–H and O–H groups in total. The van der Waals surface area contributed by atoms with Crippen molar-refractivity contribution in [1.29, 1.82) is 0 Å². The van der Waals surface area contributed by atoms with Gasteiger partial charge in [-0.3, -0.25) is 0 Å². The van der Waals surface area contributed by atoms with Gasteiger partial charge < -0.3 is 25.2 Å². The molecule has 2 amide bonds. The van der Waals surface area contributed by atoms with Crippen LogP contribution in [0.25, 0.3) is 0 Å². The van der Waals surface area contributed by atoms with Gasteiger partial charge in [-0.15, -0.1) is 0 Å². The van der Waals surface area contributed by atoms with Crippen molar-refractivity contribution >= 4 is 12.0 Å². The molecule has 7 nitrogen and oxygen atoms in total. The molecule has 3 unspecified atom stereocenters. The number of rotatable bonds is 4. The lowest BCUT2D eigenvalue weighted by Crippen LogP contribution is -2.59. The first kappa shape index (κ1) is 15.1. The first-order chi connectivity index (χ1) is 9.63. The zero-order valence-corrected chi connectivity index (χ0v) is 11.5. The minimum absolute atomic E-state index is 0.0134. The van der Waals surface area contributed by atoms with Crippen molar-refractivity contribution in [2.45, 2.75) is 50.3 Å². The predicted molar refractivity (Wildman–Crippen MR) is 70.4 cm³/mol. The number of carboxylic acids is 1. The molecule has 7 heteroatoms. The summed E-state index contributed by atoms with van der Waals surface area (Å²) < 4.78 is 5.68. The van der Waals surface area contributed by atoms with Crippen molar-refractivity contribution in [1.82, 2.24) is 10.2 Å². The largest absolute Gasteiger partial charge is 0.480 e. The SMILES string of the molecule is O=C(O)C(CCO)NC(=O)N1CCOC2CCCCC21. The van der Waals surface area contributed by atoms with E-state index in [4.69, 9.17) is 14.9 Å². The Morgan fingerprint density at radius 2 is 2.10 bits per heavy atom. The monoisotopic (exact) mass is 286 g/mol. The molecule has 114 valence electrons. The smallest absolute Gasteiger partial charge is 0.326 e. The van der Waals surface area contributed by atoms with Crippen LogP contribution in [0.1, 0.15) is 32.1 Å². The van der Waals surface area contributed by atoms with Crippen LogP contribution < -0.4 is 5.32 Å². The molecule has 2 fully saturated rings. The van der Waals surface area contributed by atoms with Crippen LogP contribution >= 0.6 is 0 Å². The number of urea groups is 1. The van der Waals surface area contributed by atoms with Gasteiger partial charge in [0.15, 0.2) is 0 Å². The molecule has 3 atom stereocenters. The van der Waals surface area contributed by atoms with E-state index in [1.165, 1.54) is 0 Å². The second kappa shape index (κ2) is 6.90. The third-order valence-electron chi connectivity index (χ3n) is 4.01. The van der Waals surface area contributed by atoms with Gasteiger partial charge in [0.05, 0.1) is 18.8 Å². The molecule has 2 rings (SSSR count). The minimum Gasteiger partial charge on any atom is -0.480 e. The number of hydrogen-bond acceptors (Lipinski definition) is 4. The summed E-state index contributed by atoms with van der Waals surface area (Å²) in [7, 11) is 0. The van der Waals surface area contributed by atoms with Gasteiger partial charge in [0.1, 0.15) is 6.04 Å². The highest BCUT2D eigenvalue weighted by Crippen LogP contribution is 2.28. The number of carbonyl (C=O) groups is 2. The highest BCUT2D eigenvalue weighted by atomic mass is 16.5. The summed E-state index contributed by atoms with van der Waals surface area (Å²) in [6.45, 7) is 0.706. The standard InChI is InChI=1S/C13H22N2O5/c16-7-5-9(12(17)18)14-13(19)15-6-8-20-11-4-2-1-3-10(11)15/h9-11,16H,1-8H2,(H,14,19)(H,17,18). The van der Waals surface area contributed by atoms with E-state index in [0.29, 0.717) is 13.2 Å². The number of morpholine rings is 1. The van der Waals surface area contributed by atoms with Crippen molar-refractivity contribution in [2.75, 3.05) is 19.8 Å².